The number of amides is 1. The van der Waals surface area contributed by atoms with Gasteiger partial charge in [-0.05, 0) is 25.7 Å². The number of ether oxygens (including phenoxy) is 1. The van der Waals surface area contributed by atoms with Crippen LogP contribution in [0.1, 0.15) is 58.3 Å². The van der Waals surface area contributed by atoms with E-state index in [4.69, 9.17) is 4.74 Å². The van der Waals surface area contributed by atoms with Crippen LogP contribution in [0.3, 0.4) is 0 Å². The quantitative estimate of drug-likeness (QED) is 0.649. The first-order valence-corrected chi connectivity index (χ1v) is 10.9. The van der Waals surface area contributed by atoms with Crippen molar-refractivity contribution in [1.82, 2.24) is 4.90 Å². The van der Waals surface area contributed by atoms with Crippen LogP contribution in [-0.2, 0) is 24.2 Å². The average Bonchev–Trinajstić information content (AvgIpc) is 2.92. The van der Waals surface area contributed by atoms with E-state index in [1.54, 1.807) is 0 Å². The zero-order chi connectivity index (χ0) is 17.6. The number of hydrogen-bond donors (Lipinski definition) is 0. The molecule has 1 atom stereocenters. The molecule has 0 aromatic rings. The predicted molar refractivity (Wildman–Crippen MR) is 91.2 cm³/mol. The molecular formula is C17H29NO5S. The molecular weight excluding hydrogens is 330 g/mol. The van der Waals surface area contributed by atoms with Gasteiger partial charge < -0.3 is 9.64 Å². The zero-order valence-electron chi connectivity index (χ0n) is 14.5. The SMILES string of the molecule is CCN(C(=O)COC(=O)CCC1CCCCC1)C1CCS(=O)(=O)C1. The number of likely N-dealkylation sites (N-methyl/N-ethyl adjacent to an activating group) is 1. The Bertz CT molecular complexity index is 539. The molecule has 0 bridgehead atoms. The van der Waals surface area contributed by atoms with Crippen molar-refractivity contribution >= 4 is 21.7 Å². The van der Waals surface area contributed by atoms with E-state index in [-0.39, 0.29) is 36.0 Å². The summed E-state index contributed by atoms with van der Waals surface area (Å²) in [4.78, 5) is 25.6. The van der Waals surface area contributed by atoms with Crippen LogP contribution in [0.2, 0.25) is 0 Å². The Balaban J connectivity index is 1.71. The van der Waals surface area contributed by atoms with Crippen LogP contribution in [0, 0.1) is 5.92 Å². The van der Waals surface area contributed by atoms with Crippen molar-refractivity contribution in [3.63, 3.8) is 0 Å². The van der Waals surface area contributed by atoms with Crippen LogP contribution in [0.15, 0.2) is 0 Å². The highest BCUT2D eigenvalue weighted by molar-refractivity contribution is 7.91. The van der Waals surface area contributed by atoms with Crippen molar-refractivity contribution < 1.29 is 22.7 Å². The molecule has 0 aromatic heterocycles. The first-order valence-electron chi connectivity index (χ1n) is 9.07. The number of nitrogens with zero attached hydrogens (tertiary/aromatic N) is 1. The second kappa shape index (κ2) is 8.83. The van der Waals surface area contributed by atoms with Gasteiger partial charge in [-0.1, -0.05) is 32.1 Å². The molecule has 0 spiro atoms. The van der Waals surface area contributed by atoms with Gasteiger partial charge in [0.25, 0.3) is 5.91 Å². The zero-order valence-corrected chi connectivity index (χ0v) is 15.4. The lowest BCUT2D eigenvalue weighted by molar-refractivity contribution is -0.153. The topological polar surface area (TPSA) is 80.8 Å². The lowest BCUT2D eigenvalue weighted by Crippen LogP contribution is -2.43. The molecule has 1 saturated carbocycles. The lowest BCUT2D eigenvalue weighted by atomic mass is 9.86. The van der Waals surface area contributed by atoms with Crippen molar-refractivity contribution in [2.24, 2.45) is 5.92 Å². The fourth-order valence-electron chi connectivity index (χ4n) is 3.75. The van der Waals surface area contributed by atoms with Gasteiger partial charge in [0.1, 0.15) is 0 Å². The molecule has 0 N–H and O–H groups in total. The third-order valence-electron chi connectivity index (χ3n) is 5.15. The molecule has 1 heterocycles. The summed E-state index contributed by atoms with van der Waals surface area (Å²) < 4.78 is 28.2. The van der Waals surface area contributed by atoms with Crippen molar-refractivity contribution in [3.8, 4) is 0 Å². The molecule has 7 heteroatoms. The van der Waals surface area contributed by atoms with Crippen molar-refractivity contribution in [2.45, 2.75) is 64.3 Å². The monoisotopic (exact) mass is 359 g/mol. The maximum atomic E-state index is 12.2. The van der Waals surface area contributed by atoms with Crippen molar-refractivity contribution in [3.05, 3.63) is 0 Å². The van der Waals surface area contributed by atoms with E-state index in [1.165, 1.54) is 37.0 Å². The van der Waals surface area contributed by atoms with Crippen LogP contribution < -0.4 is 0 Å². The summed E-state index contributed by atoms with van der Waals surface area (Å²) in [5, 5.41) is 0. The molecule has 0 radical (unpaired) electrons. The Labute approximate surface area is 144 Å². The third-order valence-corrected chi connectivity index (χ3v) is 6.90. The van der Waals surface area contributed by atoms with E-state index in [0.29, 0.717) is 25.3 Å². The molecule has 24 heavy (non-hydrogen) atoms. The van der Waals surface area contributed by atoms with Gasteiger partial charge in [-0.25, -0.2) is 8.42 Å². The highest BCUT2D eigenvalue weighted by Gasteiger charge is 2.34. The van der Waals surface area contributed by atoms with Crippen molar-refractivity contribution in [2.75, 3.05) is 24.7 Å². The smallest absolute Gasteiger partial charge is 0.306 e. The molecule has 2 fully saturated rings. The van der Waals surface area contributed by atoms with E-state index in [2.05, 4.69) is 0 Å². The van der Waals surface area contributed by atoms with Crippen LogP contribution in [-0.4, -0.2) is 55.9 Å². The fraction of sp³-hybridized carbons (Fsp3) is 0.882. The van der Waals surface area contributed by atoms with Crippen LogP contribution in [0.25, 0.3) is 0 Å². The summed E-state index contributed by atoms with van der Waals surface area (Å²) in [6.07, 6.45) is 7.82. The highest BCUT2D eigenvalue weighted by atomic mass is 32.2. The molecule has 1 saturated heterocycles. The van der Waals surface area contributed by atoms with E-state index >= 15 is 0 Å². The minimum absolute atomic E-state index is 0.0161. The maximum Gasteiger partial charge on any atom is 0.306 e. The second-order valence-electron chi connectivity index (χ2n) is 6.94. The fourth-order valence-corrected chi connectivity index (χ4v) is 5.49. The summed E-state index contributed by atoms with van der Waals surface area (Å²) in [5.41, 5.74) is 0. The summed E-state index contributed by atoms with van der Waals surface area (Å²) in [5.74, 6) is 0.123. The Morgan fingerprint density at radius 3 is 2.42 bits per heavy atom. The minimum Gasteiger partial charge on any atom is -0.456 e. The largest absolute Gasteiger partial charge is 0.456 e. The van der Waals surface area contributed by atoms with Gasteiger partial charge >= 0.3 is 5.97 Å². The number of carbonyl (C=O) groups excluding carboxylic acids is 2. The van der Waals surface area contributed by atoms with Gasteiger partial charge in [-0.15, -0.1) is 0 Å². The van der Waals surface area contributed by atoms with Crippen LogP contribution in [0.5, 0.6) is 0 Å². The molecule has 0 aromatic carbocycles. The predicted octanol–water partition coefficient (Wildman–Crippen LogP) is 1.93. The number of hydrogen-bond acceptors (Lipinski definition) is 5. The molecule has 6 nitrogen and oxygen atoms in total. The van der Waals surface area contributed by atoms with Gasteiger partial charge in [-0.3, -0.25) is 9.59 Å². The van der Waals surface area contributed by atoms with Gasteiger partial charge in [0.2, 0.25) is 0 Å². The van der Waals surface area contributed by atoms with Crippen LogP contribution >= 0.6 is 0 Å². The highest BCUT2D eigenvalue weighted by Crippen LogP contribution is 2.27. The Kier molecular flexibility index (Phi) is 7.07. The lowest BCUT2D eigenvalue weighted by Gasteiger charge is -2.26. The molecule has 1 unspecified atom stereocenters. The summed E-state index contributed by atoms with van der Waals surface area (Å²) in [6, 6.07) is -0.284. The van der Waals surface area contributed by atoms with Crippen molar-refractivity contribution in [1.29, 1.82) is 0 Å². The Morgan fingerprint density at radius 2 is 1.83 bits per heavy atom. The van der Waals surface area contributed by atoms with Crippen LogP contribution in [0.4, 0.5) is 0 Å². The average molecular weight is 359 g/mol. The molecule has 1 aliphatic carbocycles. The standard InChI is InChI=1S/C17H29NO5S/c1-2-18(15-10-11-24(21,22)13-15)16(19)12-23-17(20)9-8-14-6-4-3-5-7-14/h14-15H,2-13H2,1H3. The minimum atomic E-state index is -3.04. The molecule has 1 amide bonds. The van der Waals surface area contributed by atoms with Gasteiger partial charge in [0.05, 0.1) is 11.5 Å². The van der Waals surface area contributed by atoms with E-state index in [1.807, 2.05) is 6.92 Å². The third kappa shape index (κ3) is 5.76. The Hall–Kier alpha value is -1.11. The van der Waals surface area contributed by atoms with Gasteiger partial charge in [-0.2, -0.15) is 0 Å². The number of carbonyl (C=O) groups is 2. The normalized spacial score (nSPS) is 23.8. The first kappa shape index (κ1) is 19.2. The molecule has 2 aliphatic rings. The number of rotatable bonds is 7. The second-order valence-corrected chi connectivity index (χ2v) is 9.17. The first-order chi connectivity index (χ1) is 11.4. The van der Waals surface area contributed by atoms with Gasteiger partial charge in [0.15, 0.2) is 16.4 Å². The van der Waals surface area contributed by atoms with Gasteiger partial charge in [0, 0.05) is 19.0 Å². The number of esters is 1. The molecule has 1 aliphatic heterocycles. The van der Waals surface area contributed by atoms with E-state index in [0.717, 1.165) is 6.42 Å². The number of sulfone groups is 1. The molecule has 2 rings (SSSR count). The summed E-state index contributed by atoms with van der Waals surface area (Å²) in [6.45, 7) is 1.96. The Morgan fingerprint density at radius 1 is 1.12 bits per heavy atom. The van der Waals surface area contributed by atoms with E-state index < -0.39 is 9.84 Å². The summed E-state index contributed by atoms with van der Waals surface area (Å²) in [7, 11) is -3.04. The maximum absolute atomic E-state index is 12.2. The summed E-state index contributed by atoms with van der Waals surface area (Å²) >= 11 is 0. The van der Waals surface area contributed by atoms with E-state index in [9.17, 15) is 18.0 Å². The molecule has 138 valence electrons.